The Morgan fingerprint density at radius 1 is 1.09 bits per heavy atom. The Morgan fingerprint density at radius 3 is 2.51 bits per heavy atom. The van der Waals surface area contributed by atoms with Crippen molar-refractivity contribution in [3.63, 3.8) is 0 Å². The number of hydrogen-bond acceptors (Lipinski definition) is 5. The van der Waals surface area contributed by atoms with Crippen molar-refractivity contribution in [1.82, 2.24) is 15.1 Å². The summed E-state index contributed by atoms with van der Waals surface area (Å²) in [6.45, 7) is 2.62. The van der Waals surface area contributed by atoms with E-state index in [4.69, 9.17) is 16.3 Å². The van der Waals surface area contributed by atoms with Crippen molar-refractivity contribution < 1.29 is 19.4 Å². The highest BCUT2D eigenvalue weighted by Crippen LogP contribution is 2.40. The lowest BCUT2D eigenvalue weighted by Gasteiger charge is -2.41. The molecule has 2 heterocycles. The molecule has 1 aliphatic carbocycles. The normalized spacial score (nSPS) is 23.5. The lowest BCUT2D eigenvalue weighted by atomic mass is 9.73. The first-order valence-corrected chi connectivity index (χ1v) is 12.7. The summed E-state index contributed by atoms with van der Waals surface area (Å²) in [5, 5.41) is 14.0. The van der Waals surface area contributed by atoms with Crippen LogP contribution in [0.4, 0.5) is 4.79 Å². The van der Waals surface area contributed by atoms with Gasteiger partial charge in [-0.3, -0.25) is 14.6 Å². The average Bonchev–Trinajstić information content (AvgIpc) is 3.65. The zero-order valence-electron chi connectivity index (χ0n) is 20.0. The summed E-state index contributed by atoms with van der Waals surface area (Å²) in [4.78, 5) is 30.6. The first kappa shape index (κ1) is 23.9. The number of carbonyl (C=O) groups is 2. The Labute approximate surface area is 211 Å². The summed E-state index contributed by atoms with van der Waals surface area (Å²) in [5.41, 5.74) is 0.704. The van der Waals surface area contributed by atoms with E-state index >= 15 is 0 Å². The molecule has 2 aromatic rings. The van der Waals surface area contributed by atoms with Crippen LogP contribution in [0.2, 0.25) is 5.02 Å². The van der Waals surface area contributed by atoms with Gasteiger partial charge >= 0.3 is 6.03 Å². The zero-order chi connectivity index (χ0) is 24.6. The number of likely N-dealkylation sites (tertiary alicyclic amines) is 1. The first-order valence-electron chi connectivity index (χ1n) is 12.4. The first-order chi connectivity index (χ1) is 16.9. The second-order valence-electron chi connectivity index (χ2n) is 10.1. The minimum atomic E-state index is -0.985. The van der Waals surface area contributed by atoms with Crippen LogP contribution in [0, 0.1) is 11.8 Å². The lowest BCUT2D eigenvalue weighted by Crippen LogP contribution is -2.57. The van der Waals surface area contributed by atoms with Crippen LogP contribution in [-0.2, 0) is 17.8 Å². The van der Waals surface area contributed by atoms with Crippen molar-refractivity contribution in [2.45, 2.75) is 44.2 Å². The number of piperidine rings is 1. The summed E-state index contributed by atoms with van der Waals surface area (Å²) in [6.07, 6.45) is 4.06. The van der Waals surface area contributed by atoms with Gasteiger partial charge < -0.3 is 15.2 Å². The molecule has 1 unspecified atom stereocenters. The number of urea groups is 1. The Morgan fingerprint density at radius 2 is 1.83 bits per heavy atom. The molecular formula is C27H32ClN3O4. The molecule has 0 bridgehead atoms. The molecule has 2 aliphatic heterocycles. The Kier molecular flexibility index (Phi) is 6.64. The summed E-state index contributed by atoms with van der Waals surface area (Å²) in [7, 11) is 1.61. The van der Waals surface area contributed by atoms with Crippen LogP contribution >= 0.6 is 11.6 Å². The Hall–Kier alpha value is -2.77. The van der Waals surface area contributed by atoms with E-state index in [0.29, 0.717) is 36.2 Å². The maximum atomic E-state index is 13.8. The number of phenols is 1. The second kappa shape index (κ2) is 9.70. The van der Waals surface area contributed by atoms with Crippen molar-refractivity contribution in [1.29, 1.82) is 0 Å². The number of amides is 3. The molecule has 2 N–H and O–H groups in total. The largest absolute Gasteiger partial charge is 0.508 e. The minimum Gasteiger partial charge on any atom is -0.508 e. The highest BCUT2D eigenvalue weighted by atomic mass is 35.5. The van der Waals surface area contributed by atoms with E-state index in [1.54, 1.807) is 19.2 Å². The number of aromatic hydroxyl groups is 1. The zero-order valence-corrected chi connectivity index (χ0v) is 20.8. The molecule has 35 heavy (non-hydrogen) atoms. The van der Waals surface area contributed by atoms with Gasteiger partial charge in [0.05, 0.1) is 7.11 Å². The molecule has 2 saturated heterocycles. The summed E-state index contributed by atoms with van der Waals surface area (Å²) < 4.78 is 5.30. The molecule has 7 nitrogen and oxygen atoms in total. The van der Waals surface area contributed by atoms with Crippen LogP contribution in [-0.4, -0.2) is 59.1 Å². The number of benzene rings is 2. The van der Waals surface area contributed by atoms with Crippen molar-refractivity contribution >= 4 is 23.5 Å². The highest BCUT2D eigenvalue weighted by Gasteiger charge is 2.56. The van der Waals surface area contributed by atoms with Gasteiger partial charge in [-0.1, -0.05) is 29.8 Å². The molecule has 3 amide bonds. The van der Waals surface area contributed by atoms with Crippen LogP contribution in [0.15, 0.2) is 42.5 Å². The number of hydrogen-bond donors (Lipinski definition) is 2. The summed E-state index contributed by atoms with van der Waals surface area (Å²) in [6, 6.07) is 12.5. The van der Waals surface area contributed by atoms with E-state index < -0.39 is 5.54 Å². The third-order valence-electron chi connectivity index (χ3n) is 7.73. The minimum absolute atomic E-state index is 0.00502. The van der Waals surface area contributed by atoms with Crippen LogP contribution in [0.5, 0.6) is 11.5 Å². The van der Waals surface area contributed by atoms with E-state index in [1.165, 1.54) is 4.90 Å². The topological polar surface area (TPSA) is 82.1 Å². The van der Waals surface area contributed by atoms with Gasteiger partial charge in [0.1, 0.15) is 17.0 Å². The number of rotatable bonds is 8. The van der Waals surface area contributed by atoms with Crippen molar-refractivity contribution in [2.24, 2.45) is 11.8 Å². The van der Waals surface area contributed by atoms with Gasteiger partial charge in [0.2, 0.25) is 0 Å². The second-order valence-corrected chi connectivity index (χ2v) is 10.5. The highest BCUT2D eigenvalue weighted by molar-refractivity contribution is 6.31. The third kappa shape index (κ3) is 4.84. The Balaban J connectivity index is 1.35. The summed E-state index contributed by atoms with van der Waals surface area (Å²) in [5.74, 6) is 1.27. The number of halogens is 1. The fourth-order valence-corrected chi connectivity index (χ4v) is 5.70. The van der Waals surface area contributed by atoms with Gasteiger partial charge in [-0.2, -0.15) is 0 Å². The van der Waals surface area contributed by atoms with E-state index in [2.05, 4.69) is 10.2 Å². The average molecular weight is 498 g/mol. The van der Waals surface area contributed by atoms with E-state index in [1.807, 2.05) is 30.3 Å². The molecule has 0 radical (unpaired) electrons. The van der Waals surface area contributed by atoms with Crippen LogP contribution in [0.25, 0.3) is 0 Å². The smallest absolute Gasteiger partial charge is 0.325 e. The van der Waals surface area contributed by atoms with Gasteiger partial charge in [-0.25, -0.2) is 4.79 Å². The molecule has 2 aromatic carbocycles. The number of ether oxygens (including phenoxy) is 1. The number of nitrogens with one attached hydrogen (secondary N) is 1. The molecule has 3 fully saturated rings. The molecule has 186 valence electrons. The fraction of sp³-hybridized carbons (Fsp3) is 0.481. The van der Waals surface area contributed by atoms with E-state index in [9.17, 15) is 14.7 Å². The molecule has 0 spiro atoms. The maximum Gasteiger partial charge on any atom is 0.325 e. The predicted molar refractivity (Wildman–Crippen MR) is 134 cm³/mol. The SMILES string of the molecule is COc1ccc(O)c(CN2CCC(C3(Cc4ccccc4Cl)NC(=O)N(CC4CC4)C3=O)CC2)c1. The third-order valence-corrected chi connectivity index (χ3v) is 8.10. The number of phenolic OH excluding ortho intramolecular Hbond substituents is 1. The lowest BCUT2D eigenvalue weighted by molar-refractivity contribution is -0.134. The van der Waals surface area contributed by atoms with E-state index in [-0.39, 0.29) is 23.6 Å². The molecule has 0 aromatic heterocycles. The van der Waals surface area contributed by atoms with Crippen LogP contribution in [0.3, 0.4) is 0 Å². The molecular weight excluding hydrogens is 466 g/mol. The van der Waals surface area contributed by atoms with Crippen molar-refractivity contribution in [2.75, 3.05) is 26.7 Å². The van der Waals surface area contributed by atoms with Gasteiger partial charge in [0, 0.05) is 30.1 Å². The van der Waals surface area contributed by atoms with Crippen molar-refractivity contribution in [3.05, 3.63) is 58.6 Å². The quantitative estimate of drug-likeness (QED) is 0.534. The standard InChI is InChI=1S/C27H32ClN3O4/c1-35-22-8-9-24(32)20(14-22)17-30-12-10-21(11-13-30)27(15-19-4-2-3-5-23(19)28)25(33)31(26(34)29-27)16-18-6-7-18/h2-5,8-9,14,18,21,32H,6-7,10-13,15-17H2,1H3,(H,29,34). The molecule has 5 rings (SSSR count). The van der Waals surface area contributed by atoms with E-state index in [0.717, 1.165) is 49.9 Å². The number of carbonyl (C=O) groups excluding carboxylic acids is 2. The predicted octanol–water partition coefficient (Wildman–Crippen LogP) is 4.21. The Bertz CT molecular complexity index is 1110. The number of methoxy groups -OCH3 is 1. The molecule has 3 aliphatic rings. The molecule has 1 atom stereocenters. The van der Waals surface area contributed by atoms with Gasteiger partial charge in [0.15, 0.2) is 0 Å². The number of nitrogens with zero attached hydrogens (tertiary/aromatic N) is 2. The van der Waals surface area contributed by atoms with Gasteiger partial charge in [0.25, 0.3) is 5.91 Å². The number of imide groups is 1. The monoisotopic (exact) mass is 497 g/mol. The molecule has 1 saturated carbocycles. The van der Waals surface area contributed by atoms with Crippen molar-refractivity contribution in [3.8, 4) is 11.5 Å². The van der Waals surface area contributed by atoms with Crippen LogP contribution < -0.4 is 10.1 Å². The fourth-order valence-electron chi connectivity index (χ4n) is 5.49. The summed E-state index contributed by atoms with van der Waals surface area (Å²) >= 11 is 6.49. The van der Waals surface area contributed by atoms with Gasteiger partial charge in [-0.05, 0) is 80.4 Å². The molecule has 8 heteroatoms. The maximum absolute atomic E-state index is 13.8. The van der Waals surface area contributed by atoms with Crippen LogP contribution in [0.1, 0.15) is 36.8 Å². The van der Waals surface area contributed by atoms with Gasteiger partial charge in [-0.15, -0.1) is 0 Å².